The van der Waals surface area contributed by atoms with E-state index in [1.165, 1.54) is 0 Å². The van der Waals surface area contributed by atoms with Crippen LogP contribution in [0.2, 0.25) is 0 Å². The second kappa shape index (κ2) is 6.51. The number of aryl methyl sites for hydroxylation is 1. The Morgan fingerprint density at radius 3 is 3.00 bits per heavy atom. The molecule has 0 aromatic carbocycles. The molecule has 0 aliphatic carbocycles. The average molecular weight is 194 g/mol. The lowest BCUT2D eigenvalue weighted by Gasteiger charge is -2.10. The average Bonchev–Trinajstić information content (AvgIpc) is 2.25. The molecule has 0 aliphatic heterocycles. The number of nitrogens with two attached hydrogens (primary N) is 1. The van der Waals surface area contributed by atoms with Crippen LogP contribution in [0.3, 0.4) is 0 Å². The van der Waals surface area contributed by atoms with Crippen molar-refractivity contribution in [2.75, 3.05) is 13.2 Å². The minimum absolute atomic E-state index is 0.122. The molecule has 1 aromatic heterocycles. The SMILES string of the molecule is CCOCC(N)CCc1ccccn1. The fraction of sp³-hybridized carbons (Fsp3) is 0.545. The third-order valence-corrected chi connectivity index (χ3v) is 2.03. The molecule has 0 saturated carbocycles. The Morgan fingerprint density at radius 2 is 2.36 bits per heavy atom. The van der Waals surface area contributed by atoms with Gasteiger partial charge in [0.15, 0.2) is 0 Å². The summed E-state index contributed by atoms with van der Waals surface area (Å²) in [6.45, 7) is 3.35. The molecule has 0 radical (unpaired) electrons. The van der Waals surface area contributed by atoms with Crippen LogP contribution in [0.1, 0.15) is 19.0 Å². The normalized spacial score (nSPS) is 12.7. The maximum absolute atomic E-state index is 5.85. The van der Waals surface area contributed by atoms with Crippen molar-refractivity contribution < 1.29 is 4.74 Å². The molecule has 0 spiro atoms. The number of aromatic nitrogens is 1. The van der Waals surface area contributed by atoms with Crippen LogP contribution in [0.15, 0.2) is 24.4 Å². The van der Waals surface area contributed by atoms with Gasteiger partial charge < -0.3 is 10.5 Å². The van der Waals surface area contributed by atoms with E-state index in [1.54, 1.807) is 0 Å². The summed E-state index contributed by atoms with van der Waals surface area (Å²) in [5.41, 5.74) is 6.95. The summed E-state index contributed by atoms with van der Waals surface area (Å²) in [5.74, 6) is 0. The van der Waals surface area contributed by atoms with Gasteiger partial charge in [-0.1, -0.05) is 6.07 Å². The van der Waals surface area contributed by atoms with E-state index >= 15 is 0 Å². The molecule has 3 nitrogen and oxygen atoms in total. The van der Waals surface area contributed by atoms with Crippen LogP contribution < -0.4 is 5.73 Å². The predicted molar refractivity (Wildman–Crippen MR) is 57.0 cm³/mol. The Hall–Kier alpha value is -0.930. The third kappa shape index (κ3) is 4.35. The van der Waals surface area contributed by atoms with E-state index in [9.17, 15) is 0 Å². The van der Waals surface area contributed by atoms with Crippen molar-refractivity contribution in [3.05, 3.63) is 30.1 Å². The van der Waals surface area contributed by atoms with E-state index < -0.39 is 0 Å². The van der Waals surface area contributed by atoms with Crippen molar-refractivity contribution in [1.82, 2.24) is 4.98 Å². The van der Waals surface area contributed by atoms with Crippen molar-refractivity contribution in [3.8, 4) is 0 Å². The third-order valence-electron chi connectivity index (χ3n) is 2.03. The first-order valence-electron chi connectivity index (χ1n) is 5.06. The zero-order chi connectivity index (χ0) is 10.2. The number of rotatable bonds is 6. The van der Waals surface area contributed by atoms with Gasteiger partial charge in [-0.15, -0.1) is 0 Å². The molecule has 0 amide bonds. The largest absolute Gasteiger partial charge is 0.380 e. The Balaban J connectivity index is 2.20. The van der Waals surface area contributed by atoms with Crippen LogP contribution in [0, 0.1) is 0 Å². The van der Waals surface area contributed by atoms with E-state index in [1.807, 2.05) is 31.3 Å². The number of ether oxygens (including phenoxy) is 1. The van der Waals surface area contributed by atoms with E-state index in [4.69, 9.17) is 10.5 Å². The minimum atomic E-state index is 0.122. The molecule has 78 valence electrons. The van der Waals surface area contributed by atoms with Crippen molar-refractivity contribution in [1.29, 1.82) is 0 Å². The van der Waals surface area contributed by atoms with Gasteiger partial charge in [0.05, 0.1) is 6.61 Å². The molecule has 0 aliphatic rings. The second-order valence-corrected chi connectivity index (χ2v) is 3.28. The van der Waals surface area contributed by atoms with Crippen molar-refractivity contribution in [3.63, 3.8) is 0 Å². The first kappa shape index (κ1) is 11.1. The Labute approximate surface area is 85.3 Å². The summed E-state index contributed by atoms with van der Waals surface area (Å²) >= 11 is 0. The number of nitrogens with zero attached hydrogens (tertiary/aromatic N) is 1. The van der Waals surface area contributed by atoms with Crippen molar-refractivity contribution in [2.24, 2.45) is 5.73 Å². The van der Waals surface area contributed by atoms with Gasteiger partial charge in [0.1, 0.15) is 0 Å². The summed E-state index contributed by atoms with van der Waals surface area (Å²) < 4.78 is 5.24. The molecule has 1 aromatic rings. The highest BCUT2D eigenvalue weighted by atomic mass is 16.5. The predicted octanol–water partition coefficient (Wildman–Crippen LogP) is 1.38. The fourth-order valence-electron chi connectivity index (χ4n) is 1.23. The van der Waals surface area contributed by atoms with Gasteiger partial charge in [-0.2, -0.15) is 0 Å². The van der Waals surface area contributed by atoms with Crippen molar-refractivity contribution in [2.45, 2.75) is 25.8 Å². The first-order valence-corrected chi connectivity index (χ1v) is 5.06. The highest BCUT2D eigenvalue weighted by molar-refractivity contribution is 5.03. The highest BCUT2D eigenvalue weighted by Crippen LogP contribution is 2.00. The monoisotopic (exact) mass is 194 g/mol. The molecule has 1 rings (SSSR count). The summed E-state index contributed by atoms with van der Waals surface area (Å²) in [6.07, 6.45) is 3.66. The van der Waals surface area contributed by atoms with Crippen LogP contribution in [0.25, 0.3) is 0 Å². The Kier molecular flexibility index (Phi) is 5.19. The number of pyridine rings is 1. The van der Waals surface area contributed by atoms with Gasteiger partial charge in [0.25, 0.3) is 0 Å². The smallest absolute Gasteiger partial charge is 0.0617 e. The van der Waals surface area contributed by atoms with Crippen LogP contribution in [0.5, 0.6) is 0 Å². The molecular weight excluding hydrogens is 176 g/mol. The summed E-state index contributed by atoms with van der Waals surface area (Å²) in [7, 11) is 0. The lowest BCUT2D eigenvalue weighted by molar-refractivity contribution is 0.131. The molecule has 3 heteroatoms. The molecule has 1 unspecified atom stereocenters. The molecule has 1 atom stereocenters. The van der Waals surface area contributed by atoms with E-state index in [0.717, 1.165) is 25.1 Å². The number of hydrogen-bond acceptors (Lipinski definition) is 3. The molecule has 14 heavy (non-hydrogen) atoms. The zero-order valence-electron chi connectivity index (χ0n) is 8.65. The van der Waals surface area contributed by atoms with Crippen LogP contribution in [0.4, 0.5) is 0 Å². The molecule has 0 bridgehead atoms. The van der Waals surface area contributed by atoms with Gasteiger partial charge >= 0.3 is 0 Å². The van der Waals surface area contributed by atoms with Crippen LogP contribution in [-0.2, 0) is 11.2 Å². The topological polar surface area (TPSA) is 48.1 Å². The summed E-state index contributed by atoms with van der Waals surface area (Å²) in [5, 5.41) is 0. The molecule has 0 saturated heterocycles. The maximum Gasteiger partial charge on any atom is 0.0617 e. The quantitative estimate of drug-likeness (QED) is 0.744. The highest BCUT2D eigenvalue weighted by Gasteiger charge is 2.02. The lowest BCUT2D eigenvalue weighted by atomic mass is 10.1. The van der Waals surface area contributed by atoms with Crippen LogP contribution >= 0.6 is 0 Å². The molecular formula is C11H18N2O. The minimum Gasteiger partial charge on any atom is -0.380 e. The fourth-order valence-corrected chi connectivity index (χ4v) is 1.23. The van der Waals surface area contributed by atoms with Gasteiger partial charge in [-0.05, 0) is 31.9 Å². The van der Waals surface area contributed by atoms with E-state index in [2.05, 4.69) is 4.98 Å². The van der Waals surface area contributed by atoms with E-state index in [-0.39, 0.29) is 6.04 Å². The van der Waals surface area contributed by atoms with Crippen molar-refractivity contribution >= 4 is 0 Å². The van der Waals surface area contributed by atoms with Gasteiger partial charge in [0.2, 0.25) is 0 Å². The second-order valence-electron chi connectivity index (χ2n) is 3.28. The lowest BCUT2D eigenvalue weighted by Crippen LogP contribution is -2.26. The summed E-state index contributed by atoms with van der Waals surface area (Å²) in [4.78, 5) is 4.23. The zero-order valence-corrected chi connectivity index (χ0v) is 8.65. The maximum atomic E-state index is 5.85. The first-order chi connectivity index (χ1) is 6.83. The van der Waals surface area contributed by atoms with Gasteiger partial charge in [0, 0.05) is 24.5 Å². The standard InChI is InChI=1S/C11H18N2O/c1-2-14-9-10(12)6-7-11-5-3-4-8-13-11/h3-5,8,10H,2,6-7,9,12H2,1H3. The molecule has 0 fully saturated rings. The molecule has 1 heterocycles. The van der Waals surface area contributed by atoms with Crippen LogP contribution in [-0.4, -0.2) is 24.2 Å². The summed E-state index contributed by atoms with van der Waals surface area (Å²) in [6, 6.07) is 6.06. The van der Waals surface area contributed by atoms with E-state index in [0.29, 0.717) is 6.61 Å². The molecule has 2 N–H and O–H groups in total. The number of hydrogen-bond donors (Lipinski definition) is 1. The van der Waals surface area contributed by atoms with Gasteiger partial charge in [-0.25, -0.2) is 0 Å². The van der Waals surface area contributed by atoms with Gasteiger partial charge in [-0.3, -0.25) is 4.98 Å². The Bertz CT molecular complexity index is 238. The Morgan fingerprint density at radius 1 is 1.50 bits per heavy atom.